The second-order valence-corrected chi connectivity index (χ2v) is 4.54. The molecule has 104 valence electrons. The van der Waals surface area contributed by atoms with Crippen molar-refractivity contribution in [3.05, 3.63) is 71.8 Å². The van der Waals surface area contributed by atoms with Gasteiger partial charge in [0.25, 0.3) is 0 Å². The van der Waals surface area contributed by atoms with Gasteiger partial charge in [-0.15, -0.1) is 24.8 Å². The summed E-state index contributed by atoms with van der Waals surface area (Å²) in [6, 6.07) is 19.7. The minimum absolute atomic E-state index is 0. The normalized spacial score (nSPS) is 14.5. The van der Waals surface area contributed by atoms with Crippen LogP contribution in [0.4, 0.5) is 0 Å². The maximum absolute atomic E-state index is 6.39. The zero-order valence-corrected chi connectivity index (χ0v) is 12.5. The van der Waals surface area contributed by atoms with E-state index in [0.717, 1.165) is 11.1 Å². The second kappa shape index (κ2) is 7.51. The van der Waals surface area contributed by atoms with Crippen molar-refractivity contribution in [2.75, 3.05) is 0 Å². The Kier molecular flexibility index (Phi) is 7.09. The fourth-order valence-corrected chi connectivity index (χ4v) is 1.98. The standard InChI is InChI=1S/C15H18N2.2ClH/c1-15(17,13-10-6-3-7-11-13)14(16)12-8-4-2-5-9-12;;/h2-11,14H,16-17H2,1H3;2*1H. The molecule has 0 aliphatic carbocycles. The van der Waals surface area contributed by atoms with Gasteiger partial charge in [0.1, 0.15) is 0 Å². The van der Waals surface area contributed by atoms with Crippen LogP contribution in [-0.4, -0.2) is 0 Å². The number of benzene rings is 2. The third-order valence-corrected chi connectivity index (χ3v) is 3.20. The predicted octanol–water partition coefficient (Wildman–Crippen LogP) is 3.40. The van der Waals surface area contributed by atoms with E-state index in [0.29, 0.717) is 0 Å². The number of rotatable bonds is 3. The van der Waals surface area contributed by atoms with Gasteiger partial charge in [0.15, 0.2) is 0 Å². The third kappa shape index (κ3) is 3.95. The molecule has 0 saturated heterocycles. The van der Waals surface area contributed by atoms with Crippen LogP contribution in [0, 0.1) is 0 Å². The molecule has 0 heterocycles. The van der Waals surface area contributed by atoms with E-state index in [9.17, 15) is 0 Å². The minimum Gasteiger partial charge on any atom is -0.322 e. The van der Waals surface area contributed by atoms with Crippen LogP contribution in [0.5, 0.6) is 0 Å². The van der Waals surface area contributed by atoms with E-state index in [2.05, 4.69) is 0 Å². The zero-order valence-electron chi connectivity index (χ0n) is 10.8. The van der Waals surface area contributed by atoms with Crippen molar-refractivity contribution in [3.8, 4) is 0 Å². The van der Waals surface area contributed by atoms with E-state index < -0.39 is 5.54 Å². The zero-order chi connectivity index (χ0) is 12.3. The van der Waals surface area contributed by atoms with Gasteiger partial charge in [-0.25, -0.2) is 0 Å². The molecular formula is C15H20Cl2N2. The lowest BCUT2D eigenvalue weighted by atomic mass is 9.82. The van der Waals surface area contributed by atoms with Crippen LogP contribution in [0.2, 0.25) is 0 Å². The monoisotopic (exact) mass is 298 g/mol. The molecule has 2 rings (SSSR count). The number of hydrogen-bond donors (Lipinski definition) is 2. The first-order valence-corrected chi connectivity index (χ1v) is 5.77. The first-order valence-electron chi connectivity index (χ1n) is 5.77. The van der Waals surface area contributed by atoms with Crippen LogP contribution in [0.25, 0.3) is 0 Å². The summed E-state index contributed by atoms with van der Waals surface area (Å²) in [5.41, 5.74) is 14.2. The Morgan fingerprint density at radius 3 is 1.74 bits per heavy atom. The molecule has 2 atom stereocenters. The summed E-state index contributed by atoms with van der Waals surface area (Å²) < 4.78 is 0. The summed E-state index contributed by atoms with van der Waals surface area (Å²) in [5.74, 6) is 0. The Morgan fingerprint density at radius 2 is 1.26 bits per heavy atom. The molecule has 0 bridgehead atoms. The van der Waals surface area contributed by atoms with E-state index in [1.807, 2.05) is 67.6 Å². The molecule has 0 spiro atoms. The van der Waals surface area contributed by atoms with Gasteiger partial charge in [0, 0.05) is 0 Å². The number of halogens is 2. The molecular weight excluding hydrogens is 279 g/mol. The quantitative estimate of drug-likeness (QED) is 0.912. The van der Waals surface area contributed by atoms with Gasteiger partial charge in [-0.05, 0) is 18.1 Å². The summed E-state index contributed by atoms with van der Waals surface area (Å²) in [6.45, 7) is 1.97. The van der Waals surface area contributed by atoms with Crippen molar-refractivity contribution in [2.24, 2.45) is 11.5 Å². The Bertz CT molecular complexity index is 472. The van der Waals surface area contributed by atoms with Gasteiger partial charge in [-0.2, -0.15) is 0 Å². The molecule has 2 aromatic carbocycles. The molecule has 2 aromatic rings. The summed E-state index contributed by atoms with van der Waals surface area (Å²) >= 11 is 0. The Labute approximate surface area is 127 Å². The SMILES string of the molecule is CC(N)(c1ccccc1)C(N)c1ccccc1.Cl.Cl. The molecule has 19 heavy (non-hydrogen) atoms. The van der Waals surface area contributed by atoms with Crippen LogP contribution in [-0.2, 0) is 5.54 Å². The molecule has 0 fully saturated rings. The smallest absolute Gasteiger partial charge is 0.0576 e. The van der Waals surface area contributed by atoms with Crippen LogP contribution >= 0.6 is 24.8 Å². The number of hydrogen-bond acceptors (Lipinski definition) is 2. The van der Waals surface area contributed by atoms with Gasteiger partial charge in [-0.3, -0.25) is 0 Å². The average molecular weight is 299 g/mol. The van der Waals surface area contributed by atoms with Gasteiger partial charge < -0.3 is 11.5 Å². The first kappa shape index (κ1) is 17.9. The van der Waals surface area contributed by atoms with Gasteiger partial charge in [-0.1, -0.05) is 60.7 Å². The van der Waals surface area contributed by atoms with Crippen molar-refractivity contribution in [1.29, 1.82) is 0 Å². The highest BCUT2D eigenvalue weighted by Crippen LogP contribution is 2.30. The molecule has 0 aromatic heterocycles. The highest BCUT2D eigenvalue weighted by molar-refractivity contribution is 5.85. The van der Waals surface area contributed by atoms with E-state index in [4.69, 9.17) is 11.5 Å². The molecule has 0 aliphatic rings. The maximum Gasteiger partial charge on any atom is 0.0576 e. The van der Waals surface area contributed by atoms with Gasteiger partial charge in [0.05, 0.1) is 11.6 Å². The lowest BCUT2D eigenvalue weighted by Gasteiger charge is -2.32. The Hall–Kier alpha value is -1.06. The maximum atomic E-state index is 6.39. The highest BCUT2D eigenvalue weighted by atomic mass is 35.5. The molecule has 4 heteroatoms. The second-order valence-electron chi connectivity index (χ2n) is 4.54. The van der Waals surface area contributed by atoms with Crippen LogP contribution in [0.15, 0.2) is 60.7 Å². The molecule has 0 aliphatic heterocycles. The van der Waals surface area contributed by atoms with Crippen molar-refractivity contribution >= 4 is 24.8 Å². The summed E-state index contributed by atoms with van der Waals surface area (Å²) in [6.07, 6.45) is 0. The molecule has 0 amide bonds. The average Bonchev–Trinajstić information content (AvgIpc) is 2.40. The van der Waals surface area contributed by atoms with Gasteiger partial charge >= 0.3 is 0 Å². The fourth-order valence-electron chi connectivity index (χ4n) is 1.98. The predicted molar refractivity (Wildman–Crippen MR) is 85.8 cm³/mol. The summed E-state index contributed by atoms with van der Waals surface area (Å²) in [7, 11) is 0. The van der Waals surface area contributed by atoms with E-state index in [1.165, 1.54) is 0 Å². The summed E-state index contributed by atoms with van der Waals surface area (Å²) in [5, 5.41) is 0. The largest absolute Gasteiger partial charge is 0.322 e. The van der Waals surface area contributed by atoms with Crippen LogP contribution in [0.1, 0.15) is 24.1 Å². The highest BCUT2D eigenvalue weighted by Gasteiger charge is 2.29. The molecule has 4 N–H and O–H groups in total. The first-order chi connectivity index (χ1) is 8.12. The Balaban J connectivity index is 0.00000162. The molecule has 2 unspecified atom stereocenters. The molecule has 0 saturated carbocycles. The minimum atomic E-state index is -0.567. The van der Waals surface area contributed by atoms with Crippen molar-refractivity contribution in [1.82, 2.24) is 0 Å². The number of nitrogens with two attached hydrogens (primary N) is 2. The van der Waals surface area contributed by atoms with Crippen molar-refractivity contribution in [2.45, 2.75) is 18.5 Å². The Morgan fingerprint density at radius 1 is 0.842 bits per heavy atom. The lowest BCUT2D eigenvalue weighted by Crippen LogP contribution is -2.43. The van der Waals surface area contributed by atoms with E-state index in [-0.39, 0.29) is 30.9 Å². The van der Waals surface area contributed by atoms with Crippen molar-refractivity contribution < 1.29 is 0 Å². The van der Waals surface area contributed by atoms with Crippen molar-refractivity contribution in [3.63, 3.8) is 0 Å². The van der Waals surface area contributed by atoms with Crippen LogP contribution < -0.4 is 11.5 Å². The van der Waals surface area contributed by atoms with E-state index in [1.54, 1.807) is 0 Å². The third-order valence-electron chi connectivity index (χ3n) is 3.20. The fraction of sp³-hybridized carbons (Fsp3) is 0.200. The topological polar surface area (TPSA) is 52.0 Å². The lowest BCUT2D eigenvalue weighted by molar-refractivity contribution is 0.397. The molecule has 0 radical (unpaired) electrons. The van der Waals surface area contributed by atoms with E-state index >= 15 is 0 Å². The summed E-state index contributed by atoms with van der Waals surface area (Å²) in [4.78, 5) is 0. The van der Waals surface area contributed by atoms with Gasteiger partial charge in [0.2, 0.25) is 0 Å². The van der Waals surface area contributed by atoms with Crippen LogP contribution in [0.3, 0.4) is 0 Å². The molecule has 2 nitrogen and oxygen atoms in total.